The first-order valence-electron chi connectivity index (χ1n) is 8.15. The summed E-state index contributed by atoms with van der Waals surface area (Å²) < 4.78 is 4.79. The number of amides is 3. The fourth-order valence-electron chi connectivity index (χ4n) is 2.83. The average Bonchev–Trinajstić information content (AvgIpc) is 2.54. The molecule has 1 aromatic carbocycles. The molecule has 0 unspecified atom stereocenters. The minimum atomic E-state index is -0.495. The summed E-state index contributed by atoms with van der Waals surface area (Å²) in [6.07, 6.45) is 2.99. The zero-order valence-electron chi connectivity index (χ0n) is 14.1. The lowest BCUT2D eigenvalue weighted by Gasteiger charge is -2.28. The van der Waals surface area contributed by atoms with E-state index >= 15 is 0 Å². The highest BCUT2D eigenvalue weighted by atomic mass is 16.5. The van der Waals surface area contributed by atoms with Gasteiger partial charge in [-0.1, -0.05) is 18.9 Å². The van der Waals surface area contributed by atoms with E-state index in [0.29, 0.717) is 17.8 Å². The van der Waals surface area contributed by atoms with Gasteiger partial charge in [0.25, 0.3) is 0 Å². The molecule has 0 bridgehead atoms. The first kappa shape index (κ1) is 18.2. The summed E-state index contributed by atoms with van der Waals surface area (Å²) in [4.78, 5) is 23.8. The highest BCUT2D eigenvalue weighted by Gasteiger charge is 2.24. The van der Waals surface area contributed by atoms with Crippen molar-refractivity contribution < 1.29 is 19.4 Å². The molecule has 1 aromatic rings. The van der Waals surface area contributed by atoms with Gasteiger partial charge in [-0.05, 0) is 37.5 Å². The van der Waals surface area contributed by atoms with Gasteiger partial charge in [0, 0.05) is 18.5 Å². The lowest BCUT2D eigenvalue weighted by atomic mass is 9.93. The van der Waals surface area contributed by atoms with Gasteiger partial charge in [0.05, 0.1) is 12.1 Å². The molecule has 4 N–H and O–H groups in total. The van der Waals surface area contributed by atoms with Gasteiger partial charge in [0.2, 0.25) is 5.91 Å². The molecule has 0 aliphatic heterocycles. The summed E-state index contributed by atoms with van der Waals surface area (Å²) in [7, 11) is 1.45. The minimum absolute atomic E-state index is 0.0306. The number of anilines is 2. The van der Waals surface area contributed by atoms with Crippen molar-refractivity contribution in [3.8, 4) is 0 Å². The highest BCUT2D eigenvalue weighted by Crippen LogP contribution is 2.24. The number of urea groups is 1. The number of aliphatic hydroxyl groups excluding tert-OH is 1. The quantitative estimate of drug-likeness (QED) is 0.661. The van der Waals surface area contributed by atoms with Gasteiger partial charge in [-0.2, -0.15) is 0 Å². The van der Waals surface area contributed by atoms with Crippen molar-refractivity contribution in [1.82, 2.24) is 5.32 Å². The molecule has 7 nitrogen and oxygen atoms in total. The predicted molar refractivity (Wildman–Crippen MR) is 92.1 cm³/mol. The van der Waals surface area contributed by atoms with Gasteiger partial charge in [0.15, 0.2) is 0 Å². The van der Waals surface area contributed by atoms with Crippen molar-refractivity contribution in [2.75, 3.05) is 24.4 Å². The van der Waals surface area contributed by atoms with E-state index < -0.39 is 6.10 Å². The zero-order valence-corrected chi connectivity index (χ0v) is 14.1. The highest BCUT2D eigenvalue weighted by molar-refractivity contribution is 5.95. The molecule has 132 valence electrons. The number of aliphatic hydroxyl groups is 1. The van der Waals surface area contributed by atoms with E-state index in [4.69, 9.17) is 4.74 Å². The molecule has 7 heteroatoms. The van der Waals surface area contributed by atoms with Crippen LogP contribution in [0.2, 0.25) is 0 Å². The van der Waals surface area contributed by atoms with Crippen molar-refractivity contribution in [3.05, 3.63) is 23.8 Å². The third-order valence-electron chi connectivity index (χ3n) is 4.18. The smallest absolute Gasteiger partial charge is 0.319 e. The van der Waals surface area contributed by atoms with Crippen LogP contribution >= 0.6 is 0 Å². The standard InChI is InChI=1S/C17H25N3O4/c1-11-12(18-16(22)10-24-2)7-5-8-13(11)19-17(23)20-14-6-3-4-9-15(14)21/h5,7-8,14-15,21H,3-4,6,9-10H2,1-2H3,(H,18,22)(H2,19,20,23)/t14-,15-/m1/s1. The van der Waals surface area contributed by atoms with Crippen LogP contribution in [0.25, 0.3) is 0 Å². The maximum absolute atomic E-state index is 12.2. The molecule has 1 fully saturated rings. The SMILES string of the molecule is COCC(=O)Nc1cccc(NC(=O)N[C@@H]2CCCC[C@H]2O)c1C. The van der Waals surface area contributed by atoms with Crippen LogP contribution in [0.4, 0.5) is 16.2 Å². The lowest BCUT2D eigenvalue weighted by Crippen LogP contribution is -2.46. The molecule has 24 heavy (non-hydrogen) atoms. The van der Waals surface area contributed by atoms with Crippen molar-refractivity contribution in [2.45, 2.75) is 44.8 Å². The van der Waals surface area contributed by atoms with Gasteiger partial charge < -0.3 is 25.8 Å². The summed E-state index contributed by atoms with van der Waals surface area (Å²) in [5.41, 5.74) is 1.97. The van der Waals surface area contributed by atoms with Crippen molar-refractivity contribution in [1.29, 1.82) is 0 Å². The second-order valence-electron chi connectivity index (χ2n) is 6.02. The molecule has 0 saturated heterocycles. The first-order chi connectivity index (χ1) is 11.5. The number of carbonyl (C=O) groups is 2. The second-order valence-corrected chi connectivity index (χ2v) is 6.02. The minimum Gasteiger partial charge on any atom is -0.391 e. The van der Waals surface area contributed by atoms with Gasteiger partial charge in [-0.25, -0.2) is 4.79 Å². The molecule has 1 aliphatic carbocycles. The zero-order chi connectivity index (χ0) is 17.5. The van der Waals surface area contributed by atoms with Crippen LogP contribution in [-0.4, -0.2) is 42.9 Å². The number of methoxy groups -OCH3 is 1. The number of nitrogens with one attached hydrogen (secondary N) is 3. The van der Waals surface area contributed by atoms with Gasteiger partial charge >= 0.3 is 6.03 Å². The normalized spacial score (nSPS) is 20.3. The predicted octanol–water partition coefficient (Wildman–Crippen LogP) is 2.00. The van der Waals surface area contributed by atoms with E-state index in [-0.39, 0.29) is 24.6 Å². The molecule has 3 amide bonds. The van der Waals surface area contributed by atoms with E-state index in [0.717, 1.165) is 24.8 Å². The van der Waals surface area contributed by atoms with Crippen LogP contribution in [0.15, 0.2) is 18.2 Å². The van der Waals surface area contributed by atoms with Crippen LogP contribution in [0, 0.1) is 6.92 Å². The third-order valence-corrected chi connectivity index (χ3v) is 4.18. The topological polar surface area (TPSA) is 99.7 Å². The second kappa shape index (κ2) is 8.65. The number of benzene rings is 1. The van der Waals surface area contributed by atoms with Crippen LogP contribution in [0.5, 0.6) is 0 Å². The molecule has 0 spiro atoms. The fraction of sp³-hybridized carbons (Fsp3) is 0.529. The Balaban J connectivity index is 1.98. The van der Waals surface area contributed by atoms with E-state index in [1.807, 2.05) is 6.92 Å². The number of carbonyl (C=O) groups excluding carboxylic acids is 2. The Hall–Kier alpha value is -2.12. The summed E-state index contributed by atoms with van der Waals surface area (Å²) in [6, 6.07) is 4.70. The number of hydrogen-bond donors (Lipinski definition) is 4. The Labute approximate surface area is 141 Å². The summed E-state index contributed by atoms with van der Waals surface area (Å²) in [6.45, 7) is 1.78. The van der Waals surface area contributed by atoms with Gasteiger partial charge in [-0.3, -0.25) is 4.79 Å². The molecular formula is C17H25N3O4. The van der Waals surface area contributed by atoms with E-state index in [2.05, 4.69) is 16.0 Å². The number of ether oxygens (including phenoxy) is 1. The molecule has 0 radical (unpaired) electrons. The third kappa shape index (κ3) is 4.94. The van der Waals surface area contributed by atoms with Crippen molar-refractivity contribution >= 4 is 23.3 Å². The van der Waals surface area contributed by atoms with E-state index in [1.54, 1.807) is 18.2 Å². The summed E-state index contributed by atoms with van der Waals surface area (Å²) in [5.74, 6) is -0.257. The summed E-state index contributed by atoms with van der Waals surface area (Å²) in [5, 5.41) is 18.3. The Bertz CT molecular complexity index is 591. The Morgan fingerprint density at radius 3 is 2.54 bits per heavy atom. The molecule has 0 heterocycles. The maximum Gasteiger partial charge on any atom is 0.319 e. The Morgan fingerprint density at radius 1 is 1.21 bits per heavy atom. The molecule has 1 saturated carbocycles. The maximum atomic E-state index is 12.2. The van der Waals surface area contributed by atoms with E-state index in [9.17, 15) is 14.7 Å². The molecule has 2 atom stereocenters. The largest absolute Gasteiger partial charge is 0.391 e. The molecule has 2 rings (SSSR count). The molecule has 0 aromatic heterocycles. The van der Waals surface area contributed by atoms with Crippen LogP contribution in [0.1, 0.15) is 31.2 Å². The van der Waals surface area contributed by atoms with Crippen molar-refractivity contribution in [2.24, 2.45) is 0 Å². The van der Waals surface area contributed by atoms with Crippen LogP contribution in [0.3, 0.4) is 0 Å². The van der Waals surface area contributed by atoms with Crippen LogP contribution in [-0.2, 0) is 9.53 Å². The first-order valence-corrected chi connectivity index (χ1v) is 8.15. The number of hydrogen-bond acceptors (Lipinski definition) is 4. The van der Waals surface area contributed by atoms with Crippen molar-refractivity contribution in [3.63, 3.8) is 0 Å². The van der Waals surface area contributed by atoms with Gasteiger partial charge in [0.1, 0.15) is 6.61 Å². The van der Waals surface area contributed by atoms with E-state index in [1.165, 1.54) is 7.11 Å². The summed E-state index contributed by atoms with van der Waals surface area (Å²) >= 11 is 0. The molecule has 1 aliphatic rings. The Morgan fingerprint density at radius 2 is 1.88 bits per heavy atom. The lowest BCUT2D eigenvalue weighted by molar-refractivity contribution is -0.119. The average molecular weight is 335 g/mol. The Kier molecular flexibility index (Phi) is 6.57. The van der Waals surface area contributed by atoms with Crippen LogP contribution < -0.4 is 16.0 Å². The monoisotopic (exact) mass is 335 g/mol. The molecular weight excluding hydrogens is 310 g/mol. The fourth-order valence-corrected chi connectivity index (χ4v) is 2.83. The number of rotatable bonds is 5. The van der Waals surface area contributed by atoms with Gasteiger partial charge in [-0.15, -0.1) is 0 Å².